The first kappa shape index (κ1) is 19.8. The van der Waals surface area contributed by atoms with E-state index in [-0.39, 0.29) is 5.41 Å². The van der Waals surface area contributed by atoms with Gasteiger partial charge in [-0.1, -0.05) is 53.4 Å². The molecule has 2 nitrogen and oxygen atoms in total. The van der Waals surface area contributed by atoms with Crippen molar-refractivity contribution in [3.05, 3.63) is 0 Å². The molecule has 0 heterocycles. The molecule has 0 aromatic carbocycles. The van der Waals surface area contributed by atoms with Crippen LogP contribution in [0.3, 0.4) is 0 Å². The molecule has 0 bridgehead atoms. The molecule has 0 aliphatic heterocycles. The second kappa shape index (κ2) is 6.77. The first-order chi connectivity index (χ1) is 12.8. The van der Waals surface area contributed by atoms with Crippen LogP contribution in [0.5, 0.6) is 0 Å². The fourth-order valence-electron chi connectivity index (χ4n) is 9.38. The van der Waals surface area contributed by atoms with E-state index in [4.69, 9.17) is 0 Å². The molecule has 0 saturated heterocycles. The van der Waals surface area contributed by atoms with E-state index in [9.17, 15) is 9.90 Å². The maximum Gasteiger partial charge on any atom is 0.310 e. The van der Waals surface area contributed by atoms with Crippen molar-refractivity contribution >= 4 is 5.97 Å². The van der Waals surface area contributed by atoms with Crippen LogP contribution < -0.4 is 0 Å². The van der Waals surface area contributed by atoms with Crippen LogP contribution in [0, 0.1) is 45.8 Å². The molecule has 0 spiro atoms. The molecule has 4 aliphatic carbocycles. The number of fused-ring (bicyclic) bond motifs is 5. The summed E-state index contributed by atoms with van der Waals surface area (Å²) < 4.78 is 0. The zero-order valence-corrected chi connectivity index (χ0v) is 18.2. The minimum atomic E-state index is -0.475. The zero-order valence-electron chi connectivity index (χ0n) is 18.2. The Morgan fingerprint density at radius 2 is 1.74 bits per heavy atom. The van der Waals surface area contributed by atoms with Gasteiger partial charge in [-0.3, -0.25) is 4.79 Å². The molecule has 4 rings (SSSR count). The van der Waals surface area contributed by atoms with E-state index in [0.717, 1.165) is 49.4 Å². The summed E-state index contributed by atoms with van der Waals surface area (Å²) in [5.41, 5.74) is 0.131. The second-order valence-corrected chi connectivity index (χ2v) is 11.4. The van der Waals surface area contributed by atoms with E-state index < -0.39 is 11.4 Å². The van der Waals surface area contributed by atoms with Crippen LogP contribution in [0.4, 0.5) is 0 Å². The minimum absolute atomic E-state index is 0.0362. The summed E-state index contributed by atoms with van der Waals surface area (Å²) >= 11 is 0. The maximum absolute atomic E-state index is 12.5. The summed E-state index contributed by atoms with van der Waals surface area (Å²) in [6.07, 6.45) is 14.7. The molecule has 27 heavy (non-hydrogen) atoms. The molecular formula is C25H42O2. The number of carboxylic acids is 1. The van der Waals surface area contributed by atoms with Crippen LogP contribution in [0.15, 0.2) is 0 Å². The third-order valence-electron chi connectivity index (χ3n) is 10.7. The van der Waals surface area contributed by atoms with Crippen LogP contribution in [0.25, 0.3) is 0 Å². The maximum atomic E-state index is 12.5. The molecule has 2 heteroatoms. The molecule has 0 amide bonds. The fourth-order valence-corrected chi connectivity index (χ4v) is 9.38. The van der Waals surface area contributed by atoms with Gasteiger partial charge < -0.3 is 5.11 Å². The van der Waals surface area contributed by atoms with Gasteiger partial charge in [-0.2, -0.15) is 0 Å². The summed E-state index contributed by atoms with van der Waals surface area (Å²) in [7, 11) is 0. The lowest BCUT2D eigenvalue weighted by atomic mass is 9.40. The van der Waals surface area contributed by atoms with Gasteiger partial charge in [-0.15, -0.1) is 0 Å². The van der Waals surface area contributed by atoms with Gasteiger partial charge in [0.15, 0.2) is 0 Å². The Hall–Kier alpha value is -0.530. The molecule has 4 fully saturated rings. The van der Waals surface area contributed by atoms with Crippen molar-refractivity contribution in [1.29, 1.82) is 0 Å². The smallest absolute Gasteiger partial charge is 0.310 e. The van der Waals surface area contributed by atoms with Gasteiger partial charge in [-0.25, -0.2) is 0 Å². The number of hydrogen-bond donors (Lipinski definition) is 1. The van der Waals surface area contributed by atoms with Crippen molar-refractivity contribution in [2.45, 2.75) is 105 Å². The lowest BCUT2D eigenvalue weighted by molar-refractivity contribution is -0.193. The minimum Gasteiger partial charge on any atom is -0.481 e. The second-order valence-electron chi connectivity index (χ2n) is 11.4. The standard InChI is InChI=1S/C25H42O2/c1-5-8-17(2)19-9-10-20-18-11-16-25(22(26)27)14-7-6-13-24(25,4)21(18)12-15-23(19,20)3/h17-21H,5-16H2,1-4H3,(H,26,27)/t17-,18+,19-,20+,21+,23-,24-,25?/m1/s1. The van der Waals surface area contributed by atoms with E-state index >= 15 is 0 Å². The topological polar surface area (TPSA) is 37.3 Å². The summed E-state index contributed by atoms with van der Waals surface area (Å²) in [5, 5.41) is 10.3. The molecular weight excluding hydrogens is 332 g/mol. The molecule has 4 saturated carbocycles. The van der Waals surface area contributed by atoms with Gasteiger partial charge >= 0.3 is 5.97 Å². The van der Waals surface area contributed by atoms with Crippen molar-refractivity contribution < 1.29 is 9.90 Å². The molecule has 154 valence electrons. The summed E-state index contributed by atoms with van der Waals surface area (Å²) in [5.74, 6) is 3.57. The van der Waals surface area contributed by atoms with Crippen molar-refractivity contribution in [2.75, 3.05) is 0 Å². The molecule has 4 aliphatic rings. The molecule has 1 N–H and O–H groups in total. The average molecular weight is 375 g/mol. The largest absolute Gasteiger partial charge is 0.481 e. The summed E-state index contributed by atoms with van der Waals surface area (Å²) in [6.45, 7) is 9.86. The monoisotopic (exact) mass is 374 g/mol. The predicted octanol–water partition coefficient (Wildman–Crippen LogP) is 6.93. The molecule has 8 atom stereocenters. The van der Waals surface area contributed by atoms with Crippen LogP contribution in [0.2, 0.25) is 0 Å². The van der Waals surface area contributed by atoms with Crippen molar-refractivity contribution in [1.82, 2.24) is 0 Å². The van der Waals surface area contributed by atoms with Crippen molar-refractivity contribution in [3.63, 3.8) is 0 Å². The number of rotatable bonds is 4. The summed E-state index contributed by atoms with van der Waals surface area (Å²) in [6, 6.07) is 0. The average Bonchev–Trinajstić information content (AvgIpc) is 2.98. The Kier molecular flexibility index (Phi) is 4.96. The normalized spacial score (nSPS) is 50.4. The van der Waals surface area contributed by atoms with Gasteiger partial charge in [0.05, 0.1) is 5.41 Å². The van der Waals surface area contributed by atoms with E-state index in [0.29, 0.717) is 11.3 Å². The van der Waals surface area contributed by atoms with E-state index in [1.807, 2.05) is 0 Å². The van der Waals surface area contributed by atoms with Gasteiger partial charge in [-0.05, 0) is 91.8 Å². The highest BCUT2D eigenvalue weighted by Crippen LogP contribution is 2.71. The zero-order chi connectivity index (χ0) is 19.4. The lowest BCUT2D eigenvalue weighted by Crippen LogP contribution is -2.60. The van der Waals surface area contributed by atoms with Crippen molar-refractivity contribution in [3.8, 4) is 0 Å². The third kappa shape index (κ3) is 2.60. The van der Waals surface area contributed by atoms with E-state index in [2.05, 4.69) is 27.7 Å². The molecule has 0 aromatic heterocycles. The highest BCUT2D eigenvalue weighted by Gasteiger charge is 2.66. The highest BCUT2D eigenvalue weighted by atomic mass is 16.4. The Labute approximate surface area is 166 Å². The van der Waals surface area contributed by atoms with Gasteiger partial charge in [0.2, 0.25) is 0 Å². The van der Waals surface area contributed by atoms with Crippen molar-refractivity contribution in [2.24, 2.45) is 45.8 Å². The van der Waals surface area contributed by atoms with Crippen LogP contribution in [-0.2, 0) is 4.79 Å². The predicted molar refractivity (Wildman–Crippen MR) is 110 cm³/mol. The molecule has 0 aromatic rings. The number of hydrogen-bond acceptors (Lipinski definition) is 1. The van der Waals surface area contributed by atoms with Gasteiger partial charge in [0.1, 0.15) is 0 Å². The van der Waals surface area contributed by atoms with E-state index in [1.165, 1.54) is 51.4 Å². The SMILES string of the molecule is CCC[C@@H](C)[C@H]1CC[C@H]2[C@@H]3CCC4(C(=O)O)CCCC[C@]4(C)[C@H]3CC[C@]12C. The van der Waals surface area contributed by atoms with E-state index in [1.54, 1.807) is 0 Å². The Morgan fingerprint density at radius 3 is 2.44 bits per heavy atom. The lowest BCUT2D eigenvalue weighted by Gasteiger charge is -2.64. The molecule has 0 radical (unpaired) electrons. The Balaban J connectivity index is 1.63. The Bertz CT molecular complexity index is 585. The van der Waals surface area contributed by atoms with Crippen LogP contribution in [-0.4, -0.2) is 11.1 Å². The third-order valence-corrected chi connectivity index (χ3v) is 10.7. The number of carbonyl (C=O) groups is 1. The highest BCUT2D eigenvalue weighted by molar-refractivity contribution is 5.76. The molecule has 1 unspecified atom stereocenters. The summed E-state index contributed by atoms with van der Waals surface area (Å²) in [4.78, 5) is 12.5. The fraction of sp³-hybridized carbons (Fsp3) is 0.960. The number of carboxylic acid groups (broad SMARTS) is 1. The number of aliphatic carboxylic acids is 1. The van der Waals surface area contributed by atoms with Gasteiger partial charge in [0.25, 0.3) is 0 Å². The quantitative estimate of drug-likeness (QED) is 0.579. The van der Waals surface area contributed by atoms with Gasteiger partial charge in [0, 0.05) is 0 Å². The first-order valence-corrected chi connectivity index (χ1v) is 12.0. The first-order valence-electron chi connectivity index (χ1n) is 12.0. The Morgan fingerprint density at radius 1 is 1.00 bits per heavy atom. The van der Waals surface area contributed by atoms with Crippen LogP contribution in [0.1, 0.15) is 105 Å². The van der Waals surface area contributed by atoms with Crippen LogP contribution >= 0.6 is 0 Å².